The lowest BCUT2D eigenvalue weighted by Gasteiger charge is -2.13. The van der Waals surface area contributed by atoms with Crippen LogP contribution in [0.4, 0.5) is 0 Å². The molecule has 0 amide bonds. The first-order valence-electron chi connectivity index (χ1n) is 14.4. The third-order valence-corrected chi connectivity index (χ3v) is 7.12. The number of aryl methyl sites for hydroxylation is 1. The lowest BCUT2D eigenvalue weighted by molar-refractivity contribution is 0.250. The fourth-order valence-corrected chi connectivity index (χ4v) is 4.67. The number of aliphatic hydroxyl groups excluding tert-OH is 2. The van der Waals surface area contributed by atoms with Crippen molar-refractivity contribution in [3.05, 3.63) is 143 Å². The summed E-state index contributed by atoms with van der Waals surface area (Å²) in [4.78, 5) is 0. The van der Waals surface area contributed by atoms with Gasteiger partial charge in [0.1, 0.15) is 12.2 Å². The van der Waals surface area contributed by atoms with Gasteiger partial charge < -0.3 is 10.2 Å². The summed E-state index contributed by atoms with van der Waals surface area (Å²) in [5.74, 6) is 0.330. The van der Waals surface area contributed by atoms with Gasteiger partial charge in [-0.15, -0.1) is 0 Å². The Balaban J connectivity index is 1.37. The largest absolute Gasteiger partial charge is 0.383 e. The van der Waals surface area contributed by atoms with Gasteiger partial charge in [0.05, 0.1) is 12.4 Å². The molecule has 0 aliphatic rings. The molecule has 0 saturated carbocycles. The second-order valence-corrected chi connectivity index (χ2v) is 10.1. The van der Waals surface area contributed by atoms with Gasteiger partial charge in [-0.2, -0.15) is 20.4 Å². The number of aliphatic hydroxyl groups is 2. The van der Waals surface area contributed by atoms with Crippen LogP contribution in [0.2, 0.25) is 0 Å². The molecular weight excluding hydrogens is 520 g/mol. The van der Waals surface area contributed by atoms with E-state index in [4.69, 9.17) is 0 Å². The smallest absolute Gasteiger partial charge is 0.116 e. The highest BCUT2D eigenvalue weighted by molar-refractivity contribution is 5.71. The van der Waals surface area contributed by atoms with E-state index in [1.165, 1.54) is 23.6 Å². The quantitative estimate of drug-likeness (QED) is 0.124. The summed E-state index contributed by atoms with van der Waals surface area (Å²) in [5, 5.41) is 37.5. The van der Waals surface area contributed by atoms with Gasteiger partial charge in [0.2, 0.25) is 0 Å². The molecule has 4 aromatic carbocycles. The Morgan fingerprint density at radius 2 is 0.976 bits per heavy atom. The Labute approximate surface area is 248 Å². The minimum atomic E-state index is -0.909. The number of benzene rings is 4. The molecule has 0 fully saturated rings. The Morgan fingerprint density at radius 1 is 0.524 bits per heavy atom. The van der Waals surface area contributed by atoms with Crippen molar-refractivity contribution in [1.29, 1.82) is 0 Å². The maximum atomic E-state index is 10.7. The Kier molecular flexibility index (Phi) is 12.1. The predicted molar refractivity (Wildman–Crippen MR) is 174 cm³/mol. The number of nitrogens with zero attached hydrogens (tertiary/aromatic N) is 4. The molecule has 0 heterocycles. The third-order valence-electron chi connectivity index (χ3n) is 7.12. The molecule has 0 spiro atoms. The fourth-order valence-electron chi connectivity index (χ4n) is 4.67. The van der Waals surface area contributed by atoms with Gasteiger partial charge in [0, 0.05) is 24.3 Å². The second kappa shape index (κ2) is 16.7. The zero-order valence-corrected chi connectivity index (χ0v) is 23.9. The topological polar surface area (TPSA) is 89.9 Å². The molecule has 0 unspecified atom stereocenters. The van der Waals surface area contributed by atoms with Crippen molar-refractivity contribution in [2.75, 3.05) is 0 Å². The average molecular weight is 559 g/mol. The summed E-state index contributed by atoms with van der Waals surface area (Å²) in [6, 6.07) is 37.8. The van der Waals surface area contributed by atoms with Gasteiger partial charge in [-0.1, -0.05) is 122 Å². The highest BCUT2D eigenvalue weighted by atomic mass is 16.3. The summed E-state index contributed by atoms with van der Waals surface area (Å²) in [7, 11) is 0. The third kappa shape index (κ3) is 9.54. The summed E-state index contributed by atoms with van der Waals surface area (Å²) in [6.07, 6.45) is 7.40. The summed E-state index contributed by atoms with van der Waals surface area (Å²) < 4.78 is 0. The van der Waals surface area contributed by atoms with Crippen LogP contribution >= 0.6 is 0 Å². The maximum absolute atomic E-state index is 10.7. The van der Waals surface area contributed by atoms with Crippen LogP contribution in [0.15, 0.2) is 136 Å². The van der Waals surface area contributed by atoms with Crippen molar-refractivity contribution in [2.24, 2.45) is 20.4 Å². The van der Waals surface area contributed by atoms with E-state index < -0.39 is 12.2 Å². The van der Waals surface area contributed by atoms with E-state index in [0.29, 0.717) is 0 Å². The summed E-state index contributed by atoms with van der Waals surface area (Å²) >= 11 is 0. The zero-order valence-electron chi connectivity index (χ0n) is 23.9. The molecule has 0 bridgehead atoms. The maximum Gasteiger partial charge on any atom is 0.116 e. The molecule has 0 aromatic heterocycles. The van der Waals surface area contributed by atoms with Crippen molar-refractivity contribution in [1.82, 2.24) is 0 Å². The zero-order chi connectivity index (χ0) is 29.4. The van der Waals surface area contributed by atoms with E-state index in [0.717, 1.165) is 36.0 Å². The first-order valence-corrected chi connectivity index (χ1v) is 14.4. The molecule has 4 aromatic rings. The summed E-state index contributed by atoms with van der Waals surface area (Å²) in [6.45, 7) is 2.15. The predicted octanol–water partition coefficient (Wildman–Crippen LogP) is 7.48. The van der Waals surface area contributed by atoms with Gasteiger partial charge in [0.25, 0.3) is 0 Å². The van der Waals surface area contributed by atoms with Crippen LogP contribution in [0.25, 0.3) is 0 Å². The minimum absolute atomic E-state index is 0.0978. The van der Waals surface area contributed by atoms with Gasteiger partial charge in [0.15, 0.2) is 0 Å². The number of rotatable bonds is 14. The Morgan fingerprint density at radius 3 is 1.55 bits per heavy atom. The minimum Gasteiger partial charge on any atom is -0.383 e. The molecular formula is C36H38N4O2. The highest BCUT2D eigenvalue weighted by Crippen LogP contribution is 2.22. The van der Waals surface area contributed by atoms with Gasteiger partial charge in [-0.3, -0.25) is 0 Å². The molecule has 6 heteroatoms. The van der Waals surface area contributed by atoms with E-state index in [-0.39, 0.29) is 11.8 Å². The van der Waals surface area contributed by atoms with Crippen LogP contribution in [0.1, 0.15) is 71.6 Å². The monoisotopic (exact) mass is 558 g/mol. The van der Waals surface area contributed by atoms with Crippen LogP contribution in [-0.2, 0) is 6.42 Å². The fraction of sp³-hybridized carbons (Fsp3) is 0.222. The van der Waals surface area contributed by atoms with Crippen molar-refractivity contribution >= 4 is 24.9 Å². The van der Waals surface area contributed by atoms with E-state index in [1.54, 1.807) is 0 Å². The highest BCUT2D eigenvalue weighted by Gasteiger charge is 2.11. The number of hydrogen-bond donors (Lipinski definition) is 2. The first-order chi connectivity index (χ1) is 20.6. The van der Waals surface area contributed by atoms with Crippen molar-refractivity contribution < 1.29 is 10.2 Å². The van der Waals surface area contributed by atoms with Crippen LogP contribution in [0, 0.1) is 0 Å². The normalized spacial score (nSPS) is 15.0. The molecule has 0 aliphatic carbocycles. The van der Waals surface area contributed by atoms with Crippen LogP contribution in [0.5, 0.6) is 0 Å². The van der Waals surface area contributed by atoms with Gasteiger partial charge in [-0.05, 0) is 47.1 Å². The first kappa shape index (κ1) is 30.4. The van der Waals surface area contributed by atoms with Crippen molar-refractivity contribution in [3.63, 3.8) is 0 Å². The number of hydrogen-bond acceptors (Lipinski definition) is 6. The van der Waals surface area contributed by atoms with Crippen LogP contribution in [-0.4, -0.2) is 35.1 Å². The van der Waals surface area contributed by atoms with E-state index in [1.807, 2.05) is 97.4 Å². The summed E-state index contributed by atoms with van der Waals surface area (Å²) in [5.41, 5.74) is 4.99. The van der Waals surface area contributed by atoms with Crippen LogP contribution in [0.3, 0.4) is 0 Å². The average Bonchev–Trinajstić information content (AvgIpc) is 3.05. The molecule has 2 N–H and O–H groups in total. The molecule has 4 rings (SSSR count). The second-order valence-electron chi connectivity index (χ2n) is 10.1. The molecule has 0 saturated heterocycles. The molecule has 42 heavy (non-hydrogen) atoms. The molecule has 214 valence electrons. The Bertz CT molecular complexity index is 1450. The molecule has 4 atom stereocenters. The molecule has 0 radical (unpaired) electrons. The lowest BCUT2D eigenvalue weighted by atomic mass is 9.92. The van der Waals surface area contributed by atoms with Crippen molar-refractivity contribution in [2.45, 2.75) is 50.2 Å². The van der Waals surface area contributed by atoms with E-state index >= 15 is 0 Å². The van der Waals surface area contributed by atoms with Crippen molar-refractivity contribution in [3.8, 4) is 0 Å². The van der Waals surface area contributed by atoms with E-state index in [2.05, 4.69) is 57.7 Å². The Hall–Kier alpha value is -4.52. The standard InChI is InChI=1S/C36H38N4O2/c1-2-29(30-14-6-3-7-15-30)24-37-38-25-34(31-16-8-4-9-17-31)22-21-28-13-12-20-33(23-28)36(42)27-40-39-26-35(41)32-18-10-5-11-19-32/h3-20,23-27,29,34-36,41-42H,2,21-22H2,1H3/b37-24+,38-25+,39-26+,40-27+/t29-,34-,35-,36-/m1/s1. The van der Waals surface area contributed by atoms with Gasteiger partial charge in [-0.25, -0.2) is 0 Å². The SMILES string of the molecule is CC[C@H](/C=N/N=C/[C@@H](CCc1cccc([C@H](O)/C=N/N=C/[C@@H](O)c2ccccc2)c1)c1ccccc1)c1ccccc1. The lowest BCUT2D eigenvalue weighted by Crippen LogP contribution is -2.04. The molecule has 6 nitrogen and oxygen atoms in total. The van der Waals surface area contributed by atoms with E-state index in [9.17, 15) is 10.2 Å². The van der Waals surface area contributed by atoms with Crippen LogP contribution < -0.4 is 0 Å². The molecule has 0 aliphatic heterocycles. The van der Waals surface area contributed by atoms with Gasteiger partial charge >= 0.3 is 0 Å².